The molecule has 2 heterocycles. The van der Waals surface area contributed by atoms with Crippen LogP contribution in [0.25, 0.3) is 10.6 Å². The summed E-state index contributed by atoms with van der Waals surface area (Å²) in [5.41, 5.74) is 5.47. The zero-order chi connectivity index (χ0) is 20.2. The smallest absolute Gasteiger partial charge is 0.253 e. The Morgan fingerprint density at radius 1 is 1.00 bits per heavy atom. The number of carbonyl (C=O) groups is 1. The average Bonchev–Trinajstić information content (AvgIpc) is 3.06. The Morgan fingerprint density at radius 2 is 1.83 bits per heavy atom. The first-order chi connectivity index (χ1) is 14.1. The molecule has 4 rings (SSSR count). The first-order valence-corrected chi connectivity index (χ1v) is 11.1. The van der Waals surface area contributed by atoms with Crippen LogP contribution in [0, 0.1) is 13.8 Å². The number of aryl methyl sites for hydroxylation is 2. The zero-order valence-corrected chi connectivity index (χ0v) is 17.9. The number of aromatic nitrogens is 1. The van der Waals surface area contributed by atoms with E-state index in [1.165, 1.54) is 11.1 Å². The van der Waals surface area contributed by atoms with Gasteiger partial charge in [-0.1, -0.05) is 47.5 Å². The van der Waals surface area contributed by atoms with E-state index in [0.29, 0.717) is 0 Å². The van der Waals surface area contributed by atoms with Crippen molar-refractivity contribution in [1.29, 1.82) is 0 Å². The minimum absolute atomic E-state index is 0.144. The predicted octanol–water partition coefficient (Wildman–Crippen LogP) is 4.78. The molecule has 0 bridgehead atoms. The van der Waals surface area contributed by atoms with Crippen LogP contribution in [0.2, 0.25) is 0 Å². The fraction of sp³-hybridized carbons (Fsp3) is 0.333. The molecule has 4 nitrogen and oxygen atoms in total. The van der Waals surface area contributed by atoms with Crippen molar-refractivity contribution in [3.63, 3.8) is 0 Å². The molecule has 1 aliphatic heterocycles. The summed E-state index contributed by atoms with van der Waals surface area (Å²) in [6.07, 6.45) is 0.993. The van der Waals surface area contributed by atoms with Gasteiger partial charge in [-0.25, -0.2) is 4.98 Å². The number of carbonyl (C=O) groups excluding carboxylic acids is 1. The van der Waals surface area contributed by atoms with Crippen LogP contribution in [-0.4, -0.2) is 46.9 Å². The number of amides is 1. The second-order valence-electron chi connectivity index (χ2n) is 7.80. The van der Waals surface area contributed by atoms with Crippen LogP contribution < -0.4 is 0 Å². The van der Waals surface area contributed by atoms with E-state index in [2.05, 4.69) is 41.5 Å². The van der Waals surface area contributed by atoms with Crippen molar-refractivity contribution in [2.75, 3.05) is 26.2 Å². The fourth-order valence-electron chi connectivity index (χ4n) is 3.73. The molecular formula is C24H27N3OS. The molecule has 0 spiro atoms. The molecule has 0 radical (unpaired) electrons. The van der Waals surface area contributed by atoms with E-state index in [9.17, 15) is 4.79 Å². The van der Waals surface area contributed by atoms with Gasteiger partial charge in [0.25, 0.3) is 5.91 Å². The summed E-state index contributed by atoms with van der Waals surface area (Å²) >= 11 is 1.70. The van der Waals surface area contributed by atoms with Gasteiger partial charge in [-0.05, 0) is 32.4 Å². The van der Waals surface area contributed by atoms with Crippen molar-refractivity contribution in [3.8, 4) is 10.6 Å². The third-order valence-electron chi connectivity index (χ3n) is 5.38. The predicted molar refractivity (Wildman–Crippen MR) is 119 cm³/mol. The largest absolute Gasteiger partial charge is 0.337 e. The van der Waals surface area contributed by atoms with Gasteiger partial charge in [0.1, 0.15) is 5.01 Å². The summed E-state index contributed by atoms with van der Waals surface area (Å²) in [5, 5.41) is 3.24. The first kappa shape index (κ1) is 19.8. The number of benzene rings is 2. The van der Waals surface area contributed by atoms with Gasteiger partial charge in [0.15, 0.2) is 0 Å². The van der Waals surface area contributed by atoms with Crippen LogP contribution in [0.4, 0.5) is 0 Å². The normalized spacial score (nSPS) is 15.3. The van der Waals surface area contributed by atoms with Crippen LogP contribution >= 0.6 is 11.3 Å². The summed E-state index contributed by atoms with van der Waals surface area (Å²) in [5.74, 6) is 0.144. The molecule has 1 amide bonds. The summed E-state index contributed by atoms with van der Waals surface area (Å²) < 4.78 is 0. The molecule has 0 saturated carbocycles. The van der Waals surface area contributed by atoms with Crippen molar-refractivity contribution in [2.45, 2.75) is 26.8 Å². The quantitative estimate of drug-likeness (QED) is 0.627. The van der Waals surface area contributed by atoms with Gasteiger partial charge in [-0.15, -0.1) is 11.3 Å². The molecule has 150 valence electrons. The fourth-order valence-corrected chi connectivity index (χ4v) is 4.55. The van der Waals surface area contributed by atoms with Gasteiger partial charge in [-0.3, -0.25) is 9.69 Å². The second kappa shape index (κ2) is 8.89. The van der Waals surface area contributed by atoms with E-state index in [1.54, 1.807) is 11.3 Å². The number of thiazole rings is 1. The van der Waals surface area contributed by atoms with Gasteiger partial charge >= 0.3 is 0 Å². The minimum atomic E-state index is 0.144. The molecule has 5 heteroatoms. The standard InChI is InChI=1S/C24H27N3OS/c1-18-7-9-20(10-8-18)23-25-22(17-29-23)16-26-11-4-12-27(14-13-26)24(28)21-6-3-5-19(2)15-21/h3,5-10,15,17H,4,11-14,16H2,1-2H3. The number of hydrogen-bond donors (Lipinski definition) is 0. The summed E-state index contributed by atoms with van der Waals surface area (Å²) in [6.45, 7) is 8.43. The highest BCUT2D eigenvalue weighted by Gasteiger charge is 2.21. The highest BCUT2D eigenvalue weighted by molar-refractivity contribution is 7.13. The molecule has 0 aliphatic carbocycles. The van der Waals surface area contributed by atoms with Crippen LogP contribution in [0.5, 0.6) is 0 Å². The summed E-state index contributed by atoms with van der Waals surface area (Å²) in [7, 11) is 0. The van der Waals surface area contributed by atoms with Gasteiger partial charge < -0.3 is 4.90 Å². The Bertz CT molecular complexity index is 980. The maximum Gasteiger partial charge on any atom is 0.253 e. The lowest BCUT2D eigenvalue weighted by Gasteiger charge is -2.21. The highest BCUT2D eigenvalue weighted by Crippen LogP contribution is 2.25. The average molecular weight is 406 g/mol. The molecule has 3 aromatic rings. The maximum absolute atomic E-state index is 12.9. The number of hydrogen-bond acceptors (Lipinski definition) is 4. The molecule has 1 fully saturated rings. The second-order valence-corrected chi connectivity index (χ2v) is 8.66. The van der Waals surface area contributed by atoms with Crippen LogP contribution in [0.3, 0.4) is 0 Å². The van der Waals surface area contributed by atoms with E-state index in [1.807, 2.05) is 36.1 Å². The van der Waals surface area contributed by atoms with Crippen molar-refractivity contribution in [3.05, 3.63) is 76.3 Å². The molecule has 0 unspecified atom stereocenters. The molecule has 2 aromatic carbocycles. The summed E-state index contributed by atoms with van der Waals surface area (Å²) in [4.78, 5) is 22.1. The van der Waals surface area contributed by atoms with Crippen LogP contribution in [0.1, 0.15) is 33.6 Å². The van der Waals surface area contributed by atoms with Crippen molar-refractivity contribution in [2.24, 2.45) is 0 Å². The van der Waals surface area contributed by atoms with Crippen molar-refractivity contribution < 1.29 is 4.79 Å². The van der Waals surface area contributed by atoms with Gasteiger partial charge in [0, 0.05) is 49.2 Å². The third kappa shape index (κ3) is 4.92. The number of rotatable bonds is 4. The molecule has 29 heavy (non-hydrogen) atoms. The minimum Gasteiger partial charge on any atom is -0.337 e. The van der Waals surface area contributed by atoms with Crippen molar-refractivity contribution in [1.82, 2.24) is 14.8 Å². The lowest BCUT2D eigenvalue weighted by atomic mass is 10.1. The monoisotopic (exact) mass is 405 g/mol. The van der Waals surface area contributed by atoms with E-state index < -0.39 is 0 Å². The Hall–Kier alpha value is -2.50. The lowest BCUT2D eigenvalue weighted by molar-refractivity contribution is 0.0761. The van der Waals surface area contributed by atoms with E-state index in [0.717, 1.165) is 61.0 Å². The molecule has 1 aromatic heterocycles. The Kier molecular flexibility index (Phi) is 6.07. The topological polar surface area (TPSA) is 36.4 Å². The lowest BCUT2D eigenvalue weighted by Crippen LogP contribution is -2.35. The zero-order valence-electron chi connectivity index (χ0n) is 17.1. The third-order valence-corrected chi connectivity index (χ3v) is 6.32. The first-order valence-electron chi connectivity index (χ1n) is 10.2. The maximum atomic E-state index is 12.9. The van der Waals surface area contributed by atoms with Gasteiger partial charge in [0.05, 0.1) is 5.69 Å². The van der Waals surface area contributed by atoms with Gasteiger partial charge in [-0.2, -0.15) is 0 Å². The Labute approximate surface area is 176 Å². The van der Waals surface area contributed by atoms with E-state index in [4.69, 9.17) is 4.98 Å². The van der Waals surface area contributed by atoms with Crippen LogP contribution in [0.15, 0.2) is 53.9 Å². The molecular weight excluding hydrogens is 378 g/mol. The SMILES string of the molecule is Cc1ccc(-c2nc(CN3CCCN(C(=O)c4cccc(C)c4)CC3)cs2)cc1. The van der Waals surface area contributed by atoms with E-state index >= 15 is 0 Å². The van der Waals surface area contributed by atoms with E-state index in [-0.39, 0.29) is 5.91 Å². The molecule has 0 N–H and O–H groups in total. The molecule has 1 aliphatic rings. The van der Waals surface area contributed by atoms with Gasteiger partial charge in [0.2, 0.25) is 0 Å². The number of nitrogens with zero attached hydrogens (tertiary/aromatic N) is 3. The highest BCUT2D eigenvalue weighted by atomic mass is 32.1. The Balaban J connectivity index is 1.37. The molecule has 1 saturated heterocycles. The summed E-state index contributed by atoms with van der Waals surface area (Å²) in [6, 6.07) is 16.4. The Morgan fingerprint density at radius 3 is 2.62 bits per heavy atom. The van der Waals surface area contributed by atoms with Crippen molar-refractivity contribution >= 4 is 17.2 Å². The molecule has 0 atom stereocenters. The van der Waals surface area contributed by atoms with Crippen LogP contribution in [-0.2, 0) is 6.54 Å².